The molecule has 1 saturated heterocycles. The van der Waals surface area contributed by atoms with Crippen LogP contribution < -0.4 is 21.7 Å². The molecule has 8 nitrogen and oxygen atoms in total. The van der Waals surface area contributed by atoms with Gasteiger partial charge in [0.25, 0.3) is 0 Å². The fraction of sp³-hybridized carbons (Fsp3) is 0.500. The van der Waals surface area contributed by atoms with Gasteiger partial charge in [-0.15, -0.1) is 0 Å². The van der Waals surface area contributed by atoms with E-state index in [2.05, 4.69) is 30.1 Å². The van der Waals surface area contributed by atoms with Gasteiger partial charge in [0.1, 0.15) is 0 Å². The lowest BCUT2D eigenvalue weighted by molar-refractivity contribution is 0.252. The quantitative estimate of drug-likeness (QED) is 0.554. The van der Waals surface area contributed by atoms with Crippen molar-refractivity contribution in [3.05, 3.63) is 28.2 Å². The molecular formula is C18H26Cl2N8. The number of nitrogens with two attached hydrogens (primary N) is 2. The third-order valence-corrected chi connectivity index (χ3v) is 5.56. The summed E-state index contributed by atoms with van der Waals surface area (Å²) >= 11 is 12.5. The van der Waals surface area contributed by atoms with E-state index in [0.717, 1.165) is 64.2 Å². The van der Waals surface area contributed by atoms with Crippen LogP contribution in [0.1, 0.15) is 19.3 Å². The Morgan fingerprint density at radius 1 is 0.929 bits per heavy atom. The minimum atomic E-state index is 0.133. The van der Waals surface area contributed by atoms with E-state index in [9.17, 15) is 0 Å². The van der Waals surface area contributed by atoms with Gasteiger partial charge < -0.3 is 21.7 Å². The van der Waals surface area contributed by atoms with Gasteiger partial charge in [0.05, 0.1) is 15.7 Å². The molecule has 0 unspecified atom stereocenters. The average Bonchev–Trinajstić information content (AvgIpc) is 2.67. The largest absolute Gasteiger partial charge is 0.368 e. The van der Waals surface area contributed by atoms with Crippen LogP contribution in [0.2, 0.25) is 10.0 Å². The number of anilines is 4. The molecule has 152 valence electrons. The SMILES string of the molecule is Nc1nc(N)nc(NCCCCCN2CCN(c3cccc(Cl)c3Cl)CC2)n1. The maximum atomic E-state index is 6.34. The number of unbranched alkanes of at least 4 members (excludes halogenated alkanes) is 2. The van der Waals surface area contributed by atoms with Crippen LogP contribution in [0.25, 0.3) is 0 Å². The Morgan fingerprint density at radius 2 is 1.64 bits per heavy atom. The van der Waals surface area contributed by atoms with Gasteiger partial charge in [-0.05, 0) is 31.5 Å². The topological polar surface area (TPSA) is 109 Å². The molecule has 0 radical (unpaired) electrons. The zero-order valence-electron chi connectivity index (χ0n) is 15.7. The Labute approximate surface area is 175 Å². The summed E-state index contributed by atoms with van der Waals surface area (Å²) in [5, 5.41) is 4.39. The number of hydrogen-bond donors (Lipinski definition) is 3. The van der Waals surface area contributed by atoms with Crippen LogP contribution in [0.4, 0.5) is 23.5 Å². The van der Waals surface area contributed by atoms with Gasteiger partial charge in [-0.2, -0.15) is 15.0 Å². The van der Waals surface area contributed by atoms with Crippen molar-refractivity contribution in [2.45, 2.75) is 19.3 Å². The summed E-state index contributed by atoms with van der Waals surface area (Å²) in [7, 11) is 0. The maximum Gasteiger partial charge on any atom is 0.229 e. The third-order valence-electron chi connectivity index (χ3n) is 4.75. The van der Waals surface area contributed by atoms with Crippen molar-refractivity contribution in [2.75, 3.05) is 61.0 Å². The first-order valence-corrected chi connectivity index (χ1v) is 10.2. The molecule has 10 heteroatoms. The van der Waals surface area contributed by atoms with Crippen molar-refractivity contribution in [1.29, 1.82) is 0 Å². The predicted octanol–water partition coefficient (Wildman–Crippen LogP) is 2.75. The first-order valence-electron chi connectivity index (χ1n) is 9.45. The maximum absolute atomic E-state index is 6.34. The molecule has 2 heterocycles. The lowest BCUT2D eigenvalue weighted by Crippen LogP contribution is -2.46. The highest BCUT2D eigenvalue weighted by atomic mass is 35.5. The Morgan fingerprint density at radius 3 is 2.36 bits per heavy atom. The molecular weight excluding hydrogens is 399 g/mol. The van der Waals surface area contributed by atoms with Crippen molar-refractivity contribution in [1.82, 2.24) is 19.9 Å². The lowest BCUT2D eigenvalue weighted by Gasteiger charge is -2.36. The van der Waals surface area contributed by atoms with Crippen LogP contribution >= 0.6 is 23.2 Å². The van der Waals surface area contributed by atoms with E-state index >= 15 is 0 Å². The number of nitrogens with one attached hydrogen (secondary N) is 1. The standard InChI is InChI=1S/C18H26Cl2N8/c19-13-5-4-6-14(15(13)20)28-11-9-27(10-12-28)8-3-1-2-7-23-18-25-16(21)24-17(22)26-18/h4-6H,1-3,7-12H2,(H5,21,22,23,24,25,26). The number of aromatic nitrogens is 3. The van der Waals surface area contributed by atoms with Crippen LogP contribution in [0.15, 0.2) is 18.2 Å². The number of piperazine rings is 1. The van der Waals surface area contributed by atoms with Gasteiger partial charge in [0.2, 0.25) is 17.8 Å². The molecule has 5 N–H and O–H groups in total. The van der Waals surface area contributed by atoms with Crippen molar-refractivity contribution in [3.63, 3.8) is 0 Å². The first kappa shape index (κ1) is 20.7. The van der Waals surface area contributed by atoms with E-state index in [-0.39, 0.29) is 11.9 Å². The van der Waals surface area contributed by atoms with Crippen LogP contribution in [-0.2, 0) is 0 Å². The Balaban J connectivity index is 1.31. The zero-order valence-corrected chi connectivity index (χ0v) is 17.3. The highest BCUT2D eigenvalue weighted by Crippen LogP contribution is 2.32. The van der Waals surface area contributed by atoms with E-state index in [1.807, 2.05) is 18.2 Å². The lowest BCUT2D eigenvalue weighted by atomic mass is 10.2. The molecule has 0 amide bonds. The van der Waals surface area contributed by atoms with Crippen LogP contribution in [0.3, 0.4) is 0 Å². The molecule has 0 aliphatic carbocycles. The molecule has 0 spiro atoms. The van der Waals surface area contributed by atoms with Gasteiger partial charge in [-0.3, -0.25) is 4.90 Å². The summed E-state index contributed by atoms with van der Waals surface area (Å²) in [6.45, 7) is 5.87. The molecule has 1 aromatic heterocycles. The molecule has 1 aliphatic rings. The molecule has 1 aliphatic heterocycles. The monoisotopic (exact) mass is 424 g/mol. The number of hydrogen-bond acceptors (Lipinski definition) is 8. The second kappa shape index (κ2) is 9.95. The Hall–Kier alpha value is -2.03. The summed E-state index contributed by atoms with van der Waals surface area (Å²) in [4.78, 5) is 16.6. The summed E-state index contributed by atoms with van der Waals surface area (Å²) in [5.74, 6) is 0.696. The smallest absolute Gasteiger partial charge is 0.229 e. The molecule has 1 fully saturated rings. The van der Waals surface area contributed by atoms with E-state index in [1.165, 1.54) is 0 Å². The summed E-state index contributed by atoms with van der Waals surface area (Å²) in [6, 6.07) is 5.80. The van der Waals surface area contributed by atoms with Gasteiger partial charge >= 0.3 is 0 Å². The Kier molecular flexibility index (Phi) is 7.36. The van der Waals surface area contributed by atoms with Crippen LogP contribution in [-0.4, -0.2) is 59.1 Å². The van der Waals surface area contributed by atoms with Crippen molar-refractivity contribution in [3.8, 4) is 0 Å². The van der Waals surface area contributed by atoms with Gasteiger partial charge in [-0.25, -0.2) is 0 Å². The molecule has 0 bridgehead atoms. The first-order chi connectivity index (χ1) is 13.5. The fourth-order valence-electron chi connectivity index (χ4n) is 3.27. The van der Waals surface area contributed by atoms with Crippen molar-refractivity contribution < 1.29 is 0 Å². The van der Waals surface area contributed by atoms with E-state index in [1.54, 1.807) is 0 Å². The van der Waals surface area contributed by atoms with E-state index in [4.69, 9.17) is 34.7 Å². The fourth-order valence-corrected chi connectivity index (χ4v) is 3.69. The highest BCUT2D eigenvalue weighted by Gasteiger charge is 2.19. The minimum absolute atomic E-state index is 0.133. The summed E-state index contributed by atoms with van der Waals surface area (Å²) < 4.78 is 0. The van der Waals surface area contributed by atoms with E-state index < -0.39 is 0 Å². The normalized spacial score (nSPS) is 15.0. The van der Waals surface area contributed by atoms with Gasteiger partial charge in [0.15, 0.2) is 0 Å². The summed E-state index contributed by atoms with van der Waals surface area (Å²) in [6.07, 6.45) is 3.31. The molecule has 1 aromatic carbocycles. The second-order valence-corrected chi connectivity index (χ2v) is 7.55. The highest BCUT2D eigenvalue weighted by molar-refractivity contribution is 6.43. The molecule has 2 aromatic rings. The van der Waals surface area contributed by atoms with Crippen molar-refractivity contribution in [2.24, 2.45) is 0 Å². The number of nitrogens with zero attached hydrogens (tertiary/aromatic N) is 5. The van der Waals surface area contributed by atoms with Crippen molar-refractivity contribution >= 4 is 46.7 Å². The van der Waals surface area contributed by atoms with Gasteiger partial charge in [0, 0.05) is 32.7 Å². The number of benzene rings is 1. The average molecular weight is 425 g/mol. The third kappa shape index (κ3) is 5.73. The predicted molar refractivity (Wildman–Crippen MR) is 116 cm³/mol. The van der Waals surface area contributed by atoms with Crippen LogP contribution in [0.5, 0.6) is 0 Å². The number of nitrogen functional groups attached to an aromatic ring is 2. The molecule has 3 rings (SSSR count). The number of halogens is 2. The second-order valence-electron chi connectivity index (χ2n) is 6.76. The number of rotatable bonds is 8. The zero-order chi connectivity index (χ0) is 19.9. The Bertz CT molecular complexity index is 760. The molecule has 28 heavy (non-hydrogen) atoms. The molecule has 0 atom stereocenters. The van der Waals surface area contributed by atoms with Gasteiger partial charge in [-0.1, -0.05) is 35.7 Å². The van der Waals surface area contributed by atoms with Crippen LogP contribution in [0, 0.1) is 0 Å². The summed E-state index contributed by atoms with van der Waals surface area (Å²) in [5.41, 5.74) is 12.1. The molecule has 0 saturated carbocycles. The minimum Gasteiger partial charge on any atom is -0.368 e. The van der Waals surface area contributed by atoms with E-state index in [0.29, 0.717) is 16.0 Å².